The molecule has 0 atom stereocenters. The van der Waals surface area contributed by atoms with Gasteiger partial charge in [0.25, 0.3) is 0 Å². The van der Waals surface area contributed by atoms with Crippen LogP contribution in [-0.4, -0.2) is 41.4 Å². The third-order valence-corrected chi connectivity index (χ3v) is 4.10. The van der Waals surface area contributed by atoms with Crippen LogP contribution in [0.2, 0.25) is 0 Å². The highest BCUT2D eigenvalue weighted by molar-refractivity contribution is 5.04. The van der Waals surface area contributed by atoms with Gasteiger partial charge in [-0.3, -0.25) is 9.58 Å². The maximum Gasteiger partial charge on any atom is 0.0534 e. The minimum atomic E-state index is 0.459. The summed E-state index contributed by atoms with van der Waals surface area (Å²) in [7, 11) is 2.04. The first-order chi connectivity index (χ1) is 9.19. The molecule has 4 heteroatoms. The first-order valence-corrected chi connectivity index (χ1v) is 7.59. The topological polar surface area (TPSA) is 33.1 Å². The summed E-state index contributed by atoms with van der Waals surface area (Å²) in [4.78, 5) is 2.57. The molecule has 1 aliphatic rings. The minimum absolute atomic E-state index is 0.459. The molecule has 1 fully saturated rings. The molecule has 1 aromatic heterocycles. The molecule has 0 radical (unpaired) electrons. The fourth-order valence-electron chi connectivity index (χ4n) is 2.78. The average Bonchev–Trinajstić information content (AvgIpc) is 2.87. The molecule has 0 aromatic carbocycles. The van der Waals surface area contributed by atoms with E-state index in [2.05, 4.69) is 40.0 Å². The summed E-state index contributed by atoms with van der Waals surface area (Å²) in [6, 6.07) is 0.459. The zero-order chi connectivity index (χ0) is 13.7. The van der Waals surface area contributed by atoms with Crippen LogP contribution in [0.25, 0.3) is 0 Å². The number of hydrogen-bond donors (Lipinski definition) is 1. The fourth-order valence-corrected chi connectivity index (χ4v) is 2.78. The Hall–Kier alpha value is -0.870. The summed E-state index contributed by atoms with van der Waals surface area (Å²) in [6.07, 6.45) is 8.24. The van der Waals surface area contributed by atoms with Gasteiger partial charge in [-0.1, -0.05) is 0 Å². The van der Waals surface area contributed by atoms with Gasteiger partial charge in [0.15, 0.2) is 0 Å². The van der Waals surface area contributed by atoms with Crippen molar-refractivity contribution < 1.29 is 0 Å². The quantitative estimate of drug-likeness (QED) is 0.856. The molecule has 108 valence electrons. The molecule has 2 rings (SSSR count). The summed E-state index contributed by atoms with van der Waals surface area (Å²) in [5, 5.41) is 7.67. The van der Waals surface area contributed by atoms with Crippen molar-refractivity contribution in [3.05, 3.63) is 18.0 Å². The van der Waals surface area contributed by atoms with Crippen LogP contribution in [0, 0.1) is 5.92 Å². The van der Waals surface area contributed by atoms with E-state index in [-0.39, 0.29) is 0 Å². The monoisotopic (exact) mass is 264 g/mol. The van der Waals surface area contributed by atoms with Gasteiger partial charge < -0.3 is 5.32 Å². The van der Waals surface area contributed by atoms with E-state index < -0.39 is 0 Å². The number of aromatic nitrogens is 2. The molecule has 4 nitrogen and oxygen atoms in total. The van der Waals surface area contributed by atoms with E-state index in [4.69, 9.17) is 0 Å². The van der Waals surface area contributed by atoms with Crippen molar-refractivity contribution in [2.75, 3.05) is 26.7 Å². The van der Waals surface area contributed by atoms with Gasteiger partial charge in [0, 0.05) is 24.3 Å². The van der Waals surface area contributed by atoms with Crippen LogP contribution in [0.4, 0.5) is 0 Å². The lowest BCUT2D eigenvalue weighted by atomic mass is 9.93. The van der Waals surface area contributed by atoms with Crippen molar-refractivity contribution >= 4 is 0 Å². The van der Waals surface area contributed by atoms with Crippen molar-refractivity contribution in [3.8, 4) is 0 Å². The molecule has 0 spiro atoms. The Morgan fingerprint density at radius 3 is 2.68 bits per heavy atom. The van der Waals surface area contributed by atoms with Crippen LogP contribution in [0.1, 0.15) is 44.7 Å². The van der Waals surface area contributed by atoms with Crippen molar-refractivity contribution in [2.24, 2.45) is 5.92 Å². The van der Waals surface area contributed by atoms with E-state index in [0.29, 0.717) is 6.04 Å². The standard InChI is InChI=1S/C15H28N4/c1-13(2)19-12-15(10-17-19)11-18-8-5-14(6-9-18)4-7-16-3/h10,12-14,16H,4-9,11H2,1-3H3. The van der Waals surface area contributed by atoms with Gasteiger partial charge in [-0.15, -0.1) is 0 Å². The molecule has 1 N–H and O–H groups in total. The van der Waals surface area contributed by atoms with Crippen LogP contribution in [0.15, 0.2) is 12.4 Å². The highest BCUT2D eigenvalue weighted by Gasteiger charge is 2.19. The second kappa shape index (κ2) is 7.06. The van der Waals surface area contributed by atoms with E-state index >= 15 is 0 Å². The predicted molar refractivity (Wildman–Crippen MR) is 79.2 cm³/mol. The number of nitrogens with zero attached hydrogens (tertiary/aromatic N) is 3. The van der Waals surface area contributed by atoms with Crippen molar-refractivity contribution in [1.82, 2.24) is 20.0 Å². The Bertz CT molecular complexity index is 364. The van der Waals surface area contributed by atoms with E-state index in [9.17, 15) is 0 Å². The Morgan fingerprint density at radius 1 is 1.37 bits per heavy atom. The highest BCUT2D eigenvalue weighted by atomic mass is 15.3. The summed E-state index contributed by atoms with van der Waals surface area (Å²) in [5.74, 6) is 0.919. The molecule has 0 saturated carbocycles. The summed E-state index contributed by atoms with van der Waals surface area (Å²) in [5.41, 5.74) is 1.35. The van der Waals surface area contributed by atoms with Crippen molar-refractivity contribution in [3.63, 3.8) is 0 Å². The first kappa shape index (κ1) is 14.5. The van der Waals surface area contributed by atoms with Gasteiger partial charge in [-0.05, 0) is 65.7 Å². The van der Waals surface area contributed by atoms with Crippen LogP contribution in [0.3, 0.4) is 0 Å². The number of piperidine rings is 1. The maximum absolute atomic E-state index is 4.42. The average molecular weight is 264 g/mol. The third-order valence-electron chi connectivity index (χ3n) is 4.10. The van der Waals surface area contributed by atoms with Gasteiger partial charge in [-0.2, -0.15) is 5.10 Å². The molecule has 19 heavy (non-hydrogen) atoms. The highest BCUT2D eigenvalue weighted by Crippen LogP contribution is 2.21. The van der Waals surface area contributed by atoms with Crippen LogP contribution in [0.5, 0.6) is 0 Å². The molecular weight excluding hydrogens is 236 g/mol. The Balaban J connectivity index is 1.75. The zero-order valence-electron chi connectivity index (χ0n) is 12.6. The largest absolute Gasteiger partial charge is 0.320 e. The van der Waals surface area contributed by atoms with Gasteiger partial charge in [-0.25, -0.2) is 0 Å². The van der Waals surface area contributed by atoms with Crippen molar-refractivity contribution in [2.45, 2.75) is 45.7 Å². The third kappa shape index (κ3) is 4.32. The minimum Gasteiger partial charge on any atom is -0.320 e. The van der Waals surface area contributed by atoms with Crippen molar-refractivity contribution in [1.29, 1.82) is 0 Å². The normalized spacial score (nSPS) is 18.3. The van der Waals surface area contributed by atoms with Gasteiger partial charge in [0.2, 0.25) is 0 Å². The van der Waals surface area contributed by atoms with Crippen LogP contribution < -0.4 is 5.32 Å². The van der Waals surface area contributed by atoms with E-state index in [1.165, 1.54) is 37.9 Å². The predicted octanol–water partition coefficient (Wildman–Crippen LogP) is 2.29. The van der Waals surface area contributed by atoms with E-state index in [1.807, 2.05) is 13.2 Å². The van der Waals surface area contributed by atoms with E-state index in [1.54, 1.807) is 0 Å². The van der Waals surface area contributed by atoms with Crippen LogP contribution >= 0.6 is 0 Å². The summed E-state index contributed by atoms with van der Waals surface area (Å²) < 4.78 is 2.05. The first-order valence-electron chi connectivity index (χ1n) is 7.59. The second-order valence-corrected chi connectivity index (χ2v) is 6.03. The fraction of sp³-hybridized carbons (Fsp3) is 0.800. The number of nitrogens with one attached hydrogen (secondary N) is 1. The maximum atomic E-state index is 4.42. The van der Waals surface area contributed by atoms with Gasteiger partial charge in [0.1, 0.15) is 0 Å². The molecule has 0 amide bonds. The number of rotatable bonds is 6. The van der Waals surface area contributed by atoms with E-state index in [0.717, 1.165) is 19.0 Å². The molecule has 1 saturated heterocycles. The smallest absolute Gasteiger partial charge is 0.0534 e. The lowest BCUT2D eigenvalue weighted by Gasteiger charge is -2.31. The molecule has 1 aromatic rings. The Labute approximate surface area is 117 Å². The zero-order valence-corrected chi connectivity index (χ0v) is 12.6. The molecule has 0 bridgehead atoms. The molecule has 0 aliphatic carbocycles. The van der Waals surface area contributed by atoms with Crippen LogP contribution in [-0.2, 0) is 6.54 Å². The Morgan fingerprint density at radius 2 is 2.11 bits per heavy atom. The second-order valence-electron chi connectivity index (χ2n) is 6.03. The van der Waals surface area contributed by atoms with Gasteiger partial charge in [0.05, 0.1) is 6.20 Å². The lowest BCUT2D eigenvalue weighted by Crippen LogP contribution is -2.33. The number of hydrogen-bond acceptors (Lipinski definition) is 3. The molecular formula is C15H28N4. The SMILES string of the molecule is CNCCC1CCN(Cc2cnn(C(C)C)c2)CC1. The van der Waals surface area contributed by atoms with Gasteiger partial charge >= 0.3 is 0 Å². The molecule has 2 heterocycles. The number of likely N-dealkylation sites (tertiary alicyclic amines) is 1. The lowest BCUT2D eigenvalue weighted by molar-refractivity contribution is 0.172. The Kier molecular flexibility index (Phi) is 5.40. The summed E-state index contributed by atoms with van der Waals surface area (Å²) in [6.45, 7) is 9.04. The summed E-state index contributed by atoms with van der Waals surface area (Å²) >= 11 is 0. The molecule has 0 unspecified atom stereocenters. The molecule has 1 aliphatic heterocycles.